The van der Waals surface area contributed by atoms with Gasteiger partial charge in [0.2, 0.25) is 5.28 Å². The average molecular weight is 258 g/mol. The molecule has 0 saturated carbocycles. The van der Waals surface area contributed by atoms with E-state index in [9.17, 15) is 0 Å². The fourth-order valence-electron chi connectivity index (χ4n) is 1.65. The predicted octanol–water partition coefficient (Wildman–Crippen LogP) is 2.82. The number of nitrogens with one attached hydrogen (secondary N) is 1. The minimum atomic E-state index is 0.200. The zero-order valence-corrected chi connectivity index (χ0v) is 9.96. The second-order valence-corrected chi connectivity index (χ2v) is 3.95. The van der Waals surface area contributed by atoms with Crippen LogP contribution in [0, 0.1) is 0 Å². The van der Waals surface area contributed by atoms with Gasteiger partial charge in [0.05, 0.1) is 17.4 Å². The quantitative estimate of drug-likeness (QED) is 0.715. The Bertz CT molecular complexity index is 695. The number of anilines is 2. The molecule has 0 unspecified atom stereocenters. The summed E-state index contributed by atoms with van der Waals surface area (Å²) in [6, 6.07) is 9.47. The number of halogens is 1. The van der Waals surface area contributed by atoms with E-state index < -0.39 is 0 Å². The highest BCUT2D eigenvalue weighted by Crippen LogP contribution is 2.22. The van der Waals surface area contributed by atoms with Gasteiger partial charge in [0.1, 0.15) is 5.82 Å². The lowest BCUT2D eigenvalue weighted by Crippen LogP contribution is -1.97. The molecule has 0 aliphatic rings. The minimum Gasteiger partial charge on any atom is -0.338 e. The predicted molar refractivity (Wildman–Crippen MR) is 69.9 cm³/mol. The van der Waals surface area contributed by atoms with Crippen molar-refractivity contribution in [1.82, 2.24) is 20.2 Å². The molecule has 1 N–H and O–H groups in total. The van der Waals surface area contributed by atoms with E-state index in [2.05, 4.69) is 25.5 Å². The van der Waals surface area contributed by atoms with Gasteiger partial charge < -0.3 is 5.32 Å². The molecule has 3 aromatic rings. The van der Waals surface area contributed by atoms with Crippen LogP contribution in [0.5, 0.6) is 0 Å². The molecular formula is C12H8ClN5. The highest BCUT2D eigenvalue weighted by Gasteiger charge is 2.03. The summed E-state index contributed by atoms with van der Waals surface area (Å²) in [6.07, 6.45) is 3.24. The third-order valence-electron chi connectivity index (χ3n) is 2.44. The van der Waals surface area contributed by atoms with Crippen LogP contribution in [-0.4, -0.2) is 20.2 Å². The Balaban J connectivity index is 2.05. The van der Waals surface area contributed by atoms with E-state index in [1.165, 1.54) is 0 Å². The van der Waals surface area contributed by atoms with Crippen molar-refractivity contribution >= 4 is 34.0 Å². The molecule has 1 aromatic carbocycles. The topological polar surface area (TPSA) is 63.6 Å². The van der Waals surface area contributed by atoms with Crippen LogP contribution in [0.25, 0.3) is 10.9 Å². The van der Waals surface area contributed by atoms with Crippen molar-refractivity contribution in [2.45, 2.75) is 0 Å². The maximum Gasteiger partial charge on any atom is 0.224 e. The molecule has 18 heavy (non-hydrogen) atoms. The van der Waals surface area contributed by atoms with Gasteiger partial charge in [0, 0.05) is 11.6 Å². The maximum atomic E-state index is 5.74. The molecule has 0 spiro atoms. The van der Waals surface area contributed by atoms with Gasteiger partial charge in [-0.2, -0.15) is 10.2 Å². The van der Waals surface area contributed by atoms with Crippen molar-refractivity contribution in [3.63, 3.8) is 0 Å². The van der Waals surface area contributed by atoms with Gasteiger partial charge >= 0.3 is 0 Å². The summed E-state index contributed by atoms with van der Waals surface area (Å²) in [5.41, 5.74) is 1.65. The second kappa shape index (κ2) is 4.54. The van der Waals surface area contributed by atoms with Gasteiger partial charge in [0.25, 0.3) is 0 Å². The first-order valence-electron chi connectivity index (χ1n) is 5.29. The normalized spacial score (nSPS) is 10.5. The Kier molecular flexibility index (Phi) is 2.74. The summed E-state index contributed by atoms with van der Waals surface area (Å²) >= 11 is 5.74. The lowest BCUT2D eigenvalue weighted by molar-refractivity contribution is 1.07. The summed E-state index contributed by atoms with van der Waals surface area (Å²) in [6.45, 7) is 0. The average Bonchev–Trinajstić information content (AvgIpc) is 2.39. The molecule has 3 rings (SSSR count). The van der Waals surface area contributed by atoms with E-state index in [0.717, 1.165) is 16.6 Å². The van der Waals surface area contributed by atoms with Crippen LogP contribution in [0.3, 0.4) is 0 Å². The first-order chi connectivity index (χ1) is 8.83. The zero-order valence-electron chi connectivity index (χ0n) is 9.21. The standard InChI is InChI=1S/C12H8ClN5/c13-12-14-6-5-11(17-12)16-10-7-15-18-9-4-2-1-3-8(9)10/h1-7H,(H,14,16,17,18). The lowest BCUT2D eigenvalue weighted by atomic mass is 10.2. The number of fused-ring (bicyclic) bond motifs is 1. The van der Waals surface area contributed by atoms with Crippen molar-refractivity contribution in [3.8, 4) is 0 Å². The van der Waals surface area contributed by atoms with Crippen molar-refractivity contribution in [2.24, 2.45) is 0 Å². The molecule has 0 saturated heterocycles. The summed E-state index contributed by atoms with van der Waals surface area (Å²) in [5, 5.41) is 12.3. The van der Waals surface area contributed by atoms with Gasteiger partial charge in [-0.1, -0.05) is 18.2 Å². The van der Waals surface area contributed by atoms with Gasteiger partial charge in [-0.3, -0.25) is 0 Å². The molecule has 2 aromatic heterocycles. The second-order valence-electron chi connectivity index (χ2n) is 3.61. The highest BCUT2D eigenvalue weighted by molar-refractivity contribution is 6.28. The van der Waals surface area contributed by atoms with Crippen LogP contribution in [0.1, 0.15) is 0 Å². The van der Waals surface area contributed by atoms with E-state index in [1.54, 1.807) is 18.5 Å². The summed E-state index contributed by atoms with van der Waals surface area (Å²) in [5.74, 6) is 0.619. The van der Waals surface area contributed by atoms with Crippen LogP contribution in [0.15, 0.2) is 42.7 Å². The van der Waals surface area contributed by atoms with Gasteiger partial charge in [-0.25, -0.2) is 9.97 Å². The van der Waals surface area contributed by atoms with Crippen LogP contribution >= 0.6 is 11.6 Å². The Morgan fingerprint density at radius 1 is 1.11 bits per heavy atom. The monoisotopic (exact) mass is 257 g/mol. The first kappa shape index (κ1) is 10.9. The molecule has 6 heteroatoms. The molecule has 0 atom stereocenters. The SMILES string of the molecule is Clc1nccc(Nc2cnnc3ccccc23)n1. The van der Waals surface area contributed by atoms with E-state index in [0.29, 0.717) is 5.82 Å². The number of hydrogen-bond donors (Lipinski definition) is 1. The molecule has 5 nitrogen and oxygen atoms in total. The summed E-state index contributed by atoms with van der Waals surface area (Å²) < 4.78 is 0. The molecule has 0 radical (unpaired) electrons. The van der Waals surface area contributed by atoms with E-state index in [-0.39, 0.29) is 5.28 Å². The number of nitrogens with zero attached hydrogens (tertiary/aromatic N) is 4. The summed E-state index contributed by atoms with van der Waals surface area (Å²) in [7, 11) is 0. The fourth-order valence-corrected chi connectivity index (χ4v) is 1.80. The minimum absolute atomic E-state index is 0.200. The largest absolute Gasteiger partial charge is 0.338 e. The number of aromatic nitrogens is 4. The van der Waals surface area contributed by atoms with E-state index >= 15 is 0 Å². The Hall–Kier alpha value is -2.27. The van der Waals surface area contributed by atoms with Crippen LogP contribution < -0.4 is 5.32 Å². The van der Waals surface area contributed by atoms with Crippen molar-refractivity contribution < 1.29 is 0 Å². The molecule has 0 aliphatic carbocycles. The third-order valence-corrected chi connectivity index (χ3v) is 2.62. The molecule has 0 fully saturated rings. The zero-order chi connectivity index (χ0) is 12.4. The smallest absolute Gasteiger partial charge is 0.224 e. The summed E-state index contributed by atoms with van der Waals surface area (Å²) in [4.78, 5) is 7.90. The van der Waals surface area contributed by atoms with Crippen LogP contribution in [0.2, 0.25) is 5.28 Å². The number of hydrogen-bond acceptors (Lipinski definition) is 5. The Labute approximate surface area is 108 Å². The van der Waals surface area contributed by atoms with E-state index in [1.807, 2.05) is 24.3 Å². The third kappa shape index (κ3) is 2.08. The number of benzene rings is 1. The first-order valence-corrected chi connectivity index (χ1v) is 5.67. The van der Waals surface area contributed by atoms with Gasteiger partial charge in [0.15, 0.2) is 0 Å². The molecule has 88 valence electrons. The molecule has 0 aliphatic heterocycles. The van der Waals surface area contributed by atoms with Crippen LogP contribution in [0.4, 0.5) is 11.5 Å². The molecule has 2 heterocycles. The van der Waals surface area contributed by atoms with Gasteiger partial charge in [-0.15, -0.1) is 0 Å². The number of rotatable bonds is 2. The molecule has 0 bridgehead atoms. The maximum absolute atomic E-state index is 5.74. The van der Waals surface area contributed by atoms with Crippen LogP contribution in [-0.2, 0) is 0 Å². The van der Waals surface area contributed by atoms with Crippen molar-refractivity contribution in [1.29, 1.82) is 0 Å². The lowest BCUT2D eigenvalue weighted by Gasteiger charge is -2.07. The molecule has 0 amide bonds. The fraction of sp³-hybridized carbons (Fsp3) is 0. The van der Waals surface area contributed by atoms with Crippen molar-refractivity contribution in [3.05, 3.63) is 48.0 Å². The highest BCUT2D eigenvalue weighted by atomic mass is 35.5. The van der Waals surface area contributed by atoms with Crippen molar-refractivity contribution in [2.75, 3.05) is 5.32 Å². The Morgan fingerprint density at radius 2 is 2.00 bits per heavy atom. The Morgan fingerprint density at radius 3 is 2.89 bits per heavy atom. The van der Waals surface area contributed by atoms with Gasteiger partial charge in [-0.05, 0) is 23.7 Å². The molecular weight excluding hydrogens is 250 g/mol. The van der Waals surface area contributed by atoms with E-state index in [4.69, 9.17) is 11.6 Å².